The van der Waals surface area contributed by atoms with Crippen LogP contribution in [0.3, 0.4) is 0 Å². The van der Waals surface area contributed by atoms with Crippen molar-refractivity contribution in [3.8, 4) is 5.69 Å². The first-order chi connectivity index (χ1) is 16.1. The number of benzene rings is 2. The Labute approximate surface area is 200 Å². The number of hydrogen-bond acceptors (Lipinski definition) is 5. The first-order valence-corrected chi connectivity index (χ1v) is 12.8. The zero-order valence-corrected chi connectivity index (χ0v) is 20.2. The van der Waals surface area contributed by atoms with Gasteiger partial charge in [0.15, 0.2) is 5.16 Å². The molecule has 3 heterocycles. The van der Waals surface area contributed by atoms with Gasteiger partial charge in [-0.05, 0) is 62.8 Å². The number of nitrogens with zero attached hydrogens (tertiary/aromatic N) is 5. The fourth-order valence-corrected chi connectivity index (χ4v) is 5.65. The zero-order valence-electron chi connectivity index (χ0n) is 19.4. The molecule has 3 aromatic rings. The molecule has 5 rings (SSSR count). The molecule has 2 aromatic carbocycles. The second-order valence-corrected chi connectivity index (χ2v) is 10.3. The van der Waals surface area contributed by atoms with E-state index >= 15 is 0 Å². The number of amides is 1. The fourth-order valence-electron chi connectivity index (χ4n) is 4.71. The van der Waals surface area contributed by atoms with Crippen molar-refractivity contribution >= 4 is 23.6 Å². The van der Waals surface area contributed by atoms with Gasteiger partial charge in [0.05, 0.1) is 10.9 Å². The summed E-state index contributed by atoms with van der Waals surface area (Å²) in [7, 11) is 0. The summed E-state index contributed by atoms with van der Waals surface area (Å²) in [5.41, 5.74) is 4.87. The average molecular weight is 462 g/mol. The molecular weight excluding hydrogens is 430 g/mol. The van der Waals surface area contributed by atoms with Crippen LogP contribution in [0.1, 0.15) is 42.9 Å². The third-order valence-corrected chi connectivity index (χ3v) is 7.65. The summed E-state index contributed by atoms with van der Waals surface area (Å²) in [6.45, 7) is 7.53. The van der Waals surface area contributed by atoms with E-state index in [1.54, 1.807) is 0 Å². The molecule has 1 unspecified atom stereocenters. The Bertz CT molecular complexity index is 1120. The Hall–Kier alpha value is -2.80. The van der Waals surface area contributed by atoms with Gasteiger partial charge in [0.2, 0.25) is 11.9 Å². The number of hydrogen-bond donors (Lipinski definition) is 0. The number of carbonyl (C=O) groups is 1. The molecule has 0 N–H and O–H groups in total. The number of thioether (sulfide) groups is 1. The first-order valence-electron chi connectivity index (χ1n) is 11.9. The Balaban J connectivity index is 1.39. The van der Waals surface area contributed by atoms with Crippen molar-refractivity contribution in [2.75, 3.05) is 24.5 Å². The fraction of sp³-hybridized carbons (Fsp3) is 0.423. The lowest BCUT2D eigenvalue weighted by atomic mass is 10.00. The van der Waals surface area contributed by atoms with Gasteiger partial charge in [-0.2, -0.15) is 0 Å². The molecular formula is C26H31N5OS. The van der Waals surface area contributed by atoms with E-state index in [4.69, 9.17) is 0 Å². The van der Waals surface area contributed by atoms with Crippen molar-refractivity contribution in [1.82, 2.24) is 19.7 Å². The standard InChI is InChI=1S/C26H31N5OS/c1-19-10-12-23(13-11-19)31-25(29-15-6-3-7-16-29)27-28-26(31)33-20(2)24(32)30-17-14-21-8-4-5-9-22(21)18-30/h4-5,8-13,20H,3,6-7,14-18H2,1-2H3. The maximum atomic E-state index is 13.4. The molecule has 0 saturated carbocycles. The third kappa shape index (κ3) is 4.64. The molecule has 1 atom stereocenters. The van der Waals surface area contributed by atoms with Gasteiger partial charge in [-0.3, -0.25) is 9.36 Å². The minimum atomic E-state index is -0.238. The summed E-state index contributed by atoms with van der Waals surface area (Å²) in [5.74, 6) is 1.04. The minimum absolute atomic E-state index is 0.160. The first kappa shape index (κ1) is 22.0. The van der Waals surface area contributed by atoms with Crippen molar-refractivity contribution in [2.45, 2.75) is 56.5 Å². The highest BCUT2D eigenvalue weighted by atomic mass is 32.2. The summed E-state index contributed by atoms with van der Waals surface area (Å²) in [5, 5.41) is 9.68. The summed E-state index contributed by atoms with van der Waals surface area (Å²) < 4.78 is 2.13. The summed E-state index contributed by atoms with van der Waals surface area (Å²) in [6.07, 6.45) is 4.53. The molecule has 1 saturated heterocycles. The molecule has 2 aliphatic rings. The molecule has 0 radical (unpaired) electrons. The molecule has 172 valence electrons. The number of piperidine rings is 1. The van der Waals surface area contributed by atoms with E-state index in [0.717, 1.165) is 42.8 Å². The van der Waals surface area contributed by atoms with E-state index in [0.29, 0.717) is 6.54 Å². The molecule has 33 heavy (non-hydrogen) atoms. The minimum Gasteiger partial charge on any atom is -0.341 e. The van der Waals surface area contributed by atoms with Gasteiger partial charge in [-0.1, -0.05) is 53.7 Å². The van der Waals surface area contributed by atoms with E-state index < -0.39 is 0 Å². The van der Waals surface area contributed by atoms with Crippen molar-refractivity contribution in [3.63, 3.8) is 0 Å². The van der Waals surface area contributed by atoms with Crippen molar-refractivity contribution in [2.24, 2.45) is 0 Å². The third-order valence-electron chi connectivity index (χ3n) is 6.62. The average Bonchev–Trinajstić information content (AvgIpc) is 3.27. The number of aryl methyl sites for hydroxylation is 1. The normalized spacial score (nSPS) is 17.0. The highest BCUT2D eigenvalue weighted by molar-refractivity contribution is 8.00. The van der Waals surface area contributed by atoms with E-state index in [1.807, 2.05) is 11.8 Å². The Kier molecular flexibility index (Phi) is 6.40. The van der Waals surface area contributed by atoms with Crippen molar-refractivity contribution in [3.05, 3.63) is 65.2 Å². The van der Waals surface area contributed by atoms with Crippen LogP contribution in [0.2, 0.25) is 0 Å². The van der Waals surface area contributed by atoms with Crippen molar-refractivity contribution in [1.29, 1.82) is 0 Å². The summed E-state index contributed by atoms with van der Waals surface area (Å²) in [6, 6.07) is 16.9. The van der Waals surface area contributed by atoms with Gasteiger partial charge in [0.25, 0.3) is 0 Å². The molecule has 0 bridgehead atoms. The van der Waals surface area contributed by atoms with Gasteiger partial charge in [-0.25, -0.2) is 0 Å². The van der Waals surface area contributed by atoms with Crippen LogP contribution >= 0.6 is 11.8 Å². The predicted octanol–water partition coefficient (Wildman–Crippen LogP) is 4.63. The van der Waals surface area contributed by atoms with Crippen LogP contribution in [0.4, 0.5) is 5.95 Å². The molecule has 6 nitrogen and oxygen atoms in total. The number of fused-ring (bicyclic) bond motifs is 1. The molecule has 2 aliphatic heterocycles. The lowest BCUT2D eigenvalue weighted by molar-refractivity contribution is -0.131. The van der Waals surface area contributed by atoms with Gasteiger partial charge >= 0.3 is 0 Å². The predicted molar refractivity (Wildman–Crippen MR) is 133 cm³/mol. The highest BCUT2D eigenvalue weighted by Crippen LogP contribution is 2.32. The van der Waals surface area contributed by atoms with Crippen LogP contribution in [0.25, 0.3) is 5.69 Å². The number of anilines is 1. The second-order valence-electron chi connectivity index (χ2n) is 9.04. The van der Waals surface area contributed by atoms with Gasteiger partial charge in [-0.15, -0.1) is 10.2 Å². The number of carbonyl (C=O) groups excluding carboxylic acids is 1. The van der Waals surface area contributed by atoms with Crippen LogP contribution in [0.5, 0.6) is 0 Å². The molecule has 0 aliphatic carbocycles. The number of aromatic nitrogens is 3. The quantitative estimate of drug-likeness (QED) is 0.519. The van der Waals surface area contributed by atoms with Crippen LogP contribution in [0, 0.1) is 6.92 Å². The van der Waals surface area contributed by atoms with Crippen LogP contribution < -0.4 is 4.90 Å². The Morgan fingerprint density at radius 3 is 2.42 bits per heavy atom. The highest BCUT2D eigenvalue weighted by Gasteiger charge is 2.28. The van der Waals surface area contributed by atoms with Gasteiger partial charge in [0.1, 0.15) is 0 Å². The van der Waals surface area contributed by atoms with Crippen molar-refractivity contribution < 1.29 is 4.79 Å². The monoisotopic (exact) mass is 461 g/mol. The molecule has 1 aromatic heterocycles. The summed E-state index contributed by atoms with van der Waals surface area (Å²) in [4.78, 5) is 17.7. The lowest BCUT2D eigenvalue weighted by Crippen LogP contribution is -2.40. The largest absolute Gasteiger partial charge is 0.341 e. The SMILES string of the molecule is Cc1ccc(-n2c(SC(C)C(=O)N3CCc4ccccc4C3)nnc2N2CCCCC2)cc1. The van der Waals surface area contributed by atoms with Gasteiger partial charge < -0.3 is 9.80 Å². The smallest absolute Gasteiger partial charge is 0.236 e. The molecule has 0 spiro atoms. The van der Waals surface area contributed by atoms with Gasteiger partial charge in [0, 0.05) is 26.2 Å². The molecule has 1 amide bonds. The summed E-state index contributed by atoms with van der Waals surface area (Å²) >= 11 is 1.51. The van der Waals surface area contributed by atoms with E-state index in [-0.39, 0.29) is 11.2 Å². The van der Waals surface area contributed by atoms with Crippen LogP contribution in [-0.2, 0) is 17.8 Å². The van der Waals surface area contributed by atoms with Crippen LogP contribution in [0.15, 0.2) is 53.7 Å². The maximum absolute atomic E-state index is 13.4. The van der Waals surface area contributed by atoms with E-state index in [1.165, 1.54) is 47.7 Å². The van der Waals surface area contributed by atoms with E-state index in [2.05, 4.69) is 75.1 Å². The van der Waals surface area contributed by atoms with E-state index in [9.17, 15) is 4.79 Å². The lowest BCUT2D eigenvalue weighted by Gasteiger charge is -2.31. The number of rotatable bonds is 5. The molecule has 1 fully saturated rings. The Morgan fingerprint density at radius 2 is 1.67 bits per heavy atom. The second kappa shape index (κ2) is 9.59. The van der Waals surface area contributed by atoms with Crippen LogP contribution in [-0.4, -0.2) is 50.5 Å². The topological polar surface area (TPSA) is 54.3 Å². The Morgan fingerprint density at radius 1 is 0.939 bits per heavy atom. The maximum Gasteiger partial charge on any atom is 0.236 e. The zero-order chi connectivity index (χ0) is 22.8. The molecule has 7 heteroatoms.